The lowest BCUT2D eigenvalue weighted by Gasteiger charge is -2.34. The van der Waals surface area contributed by atoms with Crippen LogP contribution in [-0.2, 0) is 17.9 Å². The number of hydrogen-bond donors (Lipinski definition) is 1. The largest absolute Gasteiger partial charge is 0.357 e. The molecule has 2 aliphatic heterocycles. The molecule has 2 aliphatic rings. The number of nitrogens with zero attached hydrogens (tertiary/aromatic N) is 3. The van der Waals surface area contributed by atoms with Gasteiger partial charge in [-0.3, -0.25) is 4.79 Å². The van der Waals surface area contributed by atoms with Gasteiger partial charge in [-0.2, -0.15) is 11.8 Å². The van der Waals surface area contributed by atoms with Gasteiger partial charge in [0.05, 0.1) is 6.54 Å². The molecule has 28 heavy (non-hydrogen) atoms. The van der Waals surface area contributed by atoms with Crippen LogP contribution >= 0.6 is 35.7 Å². The smallest absolute Gasteiger partial charge is 0.222 e. The van der Waals surface area contributed by atoms with Gasteiger partial charge in [0.1, 0.15) is 0 Å². The number of guanidine groups is 1. The lowest BCUT2D eigenvalue weighted by Crippen LogP contribution is -2.48. The molecule has 3 rings (SSSR count). The van der Waals surface area contributed by atoms with Gasteiger partial charge in [-0.05, 0) is 30.9 Å². The van der Waals surface area contributed by atoms with Crippen molar-refractivity contribution < 1.29 is 4.79 Å². The van der Waals surface area contributed by atoms with E-state index in [1.807, 2.05) is 4.90 Å². The van der Waals surface area contributed by atoms with E-state index >= 15 is 0 Å². The Labute approximate surface area is 190 Å². The molecular formula is C21H33IN4OS. The lowest BCUT2D eigenvalue weighted by molar-refractivity contribution is -0.128. The maximum atomic E-state index is 11.8. The molecule has 0 spiro atoms. The third kappa shape index (κ3) is 6.54. The summed E-state index contributed by atoms with van der Waals surface area (Å²) in [5.74, 6) is 2.49. The van der Waals surface area contributed by atoms with E-state index in [1.165, 1.54) is 23.3 Å². The van der Waals surface area contributed by atoms with Crippen LogP contribution in [0.4, 0.5) is 0 Å². The minimum atomic E-state index is 0. The van der Waals surface area contributed by atoms with Crippen molar-refractivity contribution in [3.63, 3.8) is 0 Å². The van der Waals surface area contributed by atoms with Crippen molar-refractivity contribution in [1.29, 1.82) is 0 Å². The van der Waals surface area contributed by atoms with Crippen LogP contribution in [0.3, 0.4) is 0 Å². The SMILES string of the molecule is CCNC(=NCc1ccc(CN2CCCC2=O)cc1)N1CCSC(CC)C1.I. The van der Waals surface area contributed by atoms with Gasteiger partial charge >= 0.3 is 0 Å². The van der Waals surface area contributed by atoms with Crippen molar-refractivity contribution in [1.82, 2.24) is 15.1 Å². The van der Waals surface area contributed by atoms with Crippen molar-refractivity contribution in [2.45, 2.75) is 51.4 Å². The first kappa shape index (κ1) is 23.3. The van der Waals surface area contributed by atoms with Crippen LogP contribution in [0.1, 0.15) is 44.2 Å². The number of rotatable bonds is 6. The molecule has 2 heterocycles. The highest BCUT2D eigenvalue weighted by atomic mass is 127. The quantitative estimate of drug-likeness (QED) is 0.356. The van der Waals surface area contributed by atoms with E-state index in [9.17, 15) is 4.79 Å². The van der Waals surface area contributed by atoms with E-state index in [-0.39, 0.29) is 29.9 Å². The fraction of sp³-hybridized carbons (Fsp3) is 0.619. The second-order valence-electron chi connectivity index (χ2n) is 7.25. The molecule has 1 aromatic carbocycles. The first-order chi connectivity index (χ1) is 13.2. The van der Waals surface area contributed by atoms with E-state index in [4.69, 9.17) is 4.99 Å². The Hall–Kier alpha value is -0.960. The lowest BCUT2D eigenvalue weighted by atomic mass is 10.1. The summed E-state index contributed by atoms with van der Waals surface area (Å²) < 4.78 is 0. The monoisotopic (exact) mass is 516 g/mol. The molecule has 156 valence electrons. The van der Waals surface area contributed by atoms with Crippen LogP contribution < -0.4 is 5.32 Å². The number of likely N-dealkylation sites (tertiary alicyclic amines) is 1. The van der Waals surface area contributed by atoms with Gasteiger partial charge in [0.2, 0.25) is 5.91 Å². The fourth-order valence-electron chi connectivity index (χ4n) is 3.59. The van der Waals surface area contributed by atoms with Crippen LogP contribution in [0.5, 0.6) is 0 Å². The Morgan fingerprint density at radius 1 is 1.21 bits per heavy atom. The molecular weight excluding hydrogens is 483 g/mol. The summed E-state index contributed by atoms with van der Waals surface area (Å²) >= 11 is 2.08. The Kier molecular flexibility index (Phi) is 9.91. The molecule has 2 fully saturated rings. The highest BCUT2D eigenvalue weighted by molar-refractivity contribution is 14.0. The maximum Gasteiger partial charge on any atom is 0.222 e. The molecule has 1 N–H and O–H groups in total. The number of thioether (sulfide) groups is 1. The molecule has 1 atom stereocenters. The Balaban J connectivity index is 0.00000280. The normalized spacial score (nSPS) is 20.3. The van der Waals surface area contributed by atoms with Crippen LogP contribution in [0, 0.1) is 0 Å². The zero-order valence-corrected chi connectivity index (χ0v) is 20.2. The molecule has 7 heteroatoms. The van der Waals surface area contributed by atoms with Crippen molar-refractivity contribution in [2.24, 2.45) is 4.99 Å². The Bertz CT molecular complexity index is 652. The first-order valence-electron chi connectivity index (χ1n) is 10.2. The number of hydrogen-bond acceptors (Lipinski definition) is 3. The van der Waals surface area contributed by atoms with Crippen molar-refractivity contribution >= 4 is 47.6 Å². The van der Waals surface area contributed by atoms with Crippen LogP contribution in [-0.4, -0.2) is 58.8 Å². The van der Waals surface area contributed by atoms with Gasteiger partial charge < -0.3 is 15.1 Å². The summed E-state index contributed by atoms with van der Waals surface area (Å²) in [6.45, 7) is 9.74. The average Bonchev–Trinajstić information content (AvgIpc) is 3.11. The van der Waals surface area contributed by atoms with Crippen molar-refractivity contribution in [2.75, 3.05) is 31.9 Å². The molecule has 0 saturated carbocycles. The summed E-state index contributed by atoms with van der Waals surface area (Å²) in [5.41, 5.74) is 2.41. The Morgan fingerprint density at radius 2 is 1.96 bits per heavy atom. The number of halogens is 1. The van der Waals surface area contributed by atoms with Crippen molar-refractivity contribution in [3.8, 4) is 0 Å². The second kappa shape index (κ2) is 11.9. The van der Waals surface area contributed by atoms with E-state index in [0.29, 0.717) is 18.2 Å². The molecule has 1 unspecified atom stereocenters. The summed E-state index contributed by atoms with van der Waals surface area (Å²) in [5, 5.41) is 4.16. The van der Waals surface area contributed by atoms with Gasteiger partial charge in [-0.1, -0.05) is 31.2 Å². The highest BCUT2D eigenvalue weighted by Crippen LogP contribution is 2.21. The summed E-state index contributed by atoms with van der Waals surface area (Å²) in [6.07, 6.45) is 2.90. The van der Waals surface area contributed by atoms with Gasteiger partial charge in [-0.25, -0.2) is 4.99 Å². The predicted octanol–water partition coefficient (Wildman–Crippen LogP) is 3.72. The van der Waals surface area contributed by atoms with Gasteiger partial charge in [0.15, 0.2) is 5.96 Å². The van der Waals surface area contributed by atoms with E-state index in [2.05, 4.69) is 60.1 Å². The second-order valence-corrected chi connectivity index (χ2v) is 8.66. The average molecular weight is 516 g/mol. The first-order valence-corrected chi connectivity index (χ1v) is 11.2. The van der Waals surface area contributed by atoms with Crippen molar-refractivity contribution in [3.05, 3.63) is 35.4 Å². The van der Waals surface area contributed by atoms with Crippen LogP contribution in [0.2, 0.25) is 0 Å². The standard InChI is InChI=1S/C21H32N4OS.HI/c1-3-19-16-25(12-13-27-19)21(22-4-2)23-14-17-7-9-18(10-8-17)15-24-11-5-6-20(24)26;/h7-10,19H,3-6,11-16H2,1-2H3,(H,22,23);1H. The third-order valence-electron chi connectivity index (χ3n) is 5.21. The van der Waals surface area contributed by atoms with Crippen LogP contribution in [0.15, 0.2) is 29.3 Å². The summed E-state index contributed by atoms with van der Waals surface area (Å²) in [4.78, 5) is 21.0. The molecule has 2 saturated heterocycles. The van der Waals surface area contributed by atoms with E-state index < -0.39 is 0 Å². The minimum absolute atomic E-state index is 0. The molecule has 0 radical (unpaired) electrons. The molecule has 0 aromatic heterocycles. The molecule has 0 aliphatic carbocycles. The third-order valence-corrected chi connectivity index (χ3v) is 6.58. The zero-order chi connectivity index (χ0) is 19.1. The summed E-state index contributed by atoms with van der Waals surface area (Å²) in [7, 11) is 0. The van der Waals surface area contributed by atoms with Gasteiger partial charge in [-0.15, -0.1) is 24.0 Å². The molecule has 5 nitrogen and oxygen atoms in total. The predicted molar refractivity (Wildman–Crippen MR) is 129 cm³/mol. The number of amides is 1. The number of nitrogens with one attached hydrogen (secondary N) is 1. The Morgan fingerprint density at radius 3 is 2.61 bits per heavy atom. The van der Waals surface area contributed by atoms with E-state index in [1.54, 1.807) is 0 Å². The summed E-state index contributed by atoms with van der Waals surface area (Å²) in [6, 6.07) is 8.55. The number of aliphatic imine (C=N–C) groups is 1. The number of carbonyl (C=O) groups excluding carboxylic acids is 1. The molecule has 1 aromatic rings. The molecule has 0 bridgehead atoms. The van der Waals surface area contributed by atoms with Gasteiger partial charge in [0.25, 0.3) is 0 Å². The highest BCUT2D eigenvalue weighted by Gasteiger charge is 2.21. The van der Waals surface area contributed by atoms with E-state index in [0.717, 1.165) is 45.1 Å². The minimum Gasteiger partial charge on any atom is -0.357 e. The number of carbonyl (C=O) groups is 1. The van der Waals surface area contributed by atoms with Crippen LogP contribution in [0.25, 0.3) is 0 Å². The zero-order valence-electron chi connectivity index (χ0n) is 17.0. The maximum absolute atomic E-state index is 11.8. The number of benzene rings is 1. The fourth-order valence-corrected chi connectivity index (χ4v) is 4.77. The topological polar surface area (TPSA) is 47.9 Å². The molecule has 1 amide bonds. The van der Waals surface area contributed by atoms with Gasteiger partial charge in [0, 0.05) is 50.1 Å².